The van der Waals surface area contributed by atoms with Gasteiger partial charge >= 0.3 is 0 Å². The molecule has 4 nitrogen and oxygen atoms in total. The summed E-state index contributed by atoms with van der Waals surface area (Å²) in [5, 5.41) is 0. The average Bonchev–Trinajstić information content (AvgIpc) is 2.44. The van der Waals surface area contributed by atoms with Crippen molar-refractivity contribution in [2.24, 2.45) is 5.73 Å². The number of nitrogens with two attached hydrogens (primary N) is 1. The summed E-state index contributed by atoms with van der Waals surface area (Å²) in [6.45, 7) is 2.13. The molecule has 21 heavy (non-hydrogen) atoms. The molecule has 1 aliphatic carbocycles. The molecule has 0 aromatic heterocycles. The van der Waals surface area contributed by atoms with Gasteiger partial charge in [0.2, 0.25) is 0 Å². The first-order valence-electron chi connectivity index (χ1n) is 7.94. The Morgan fingerprint density at radius 2 is 2.10 bits per heavy atom. The van der Waals surface area contributed by atoms with Crippen molar-refractivity contribution >= 4 is 0 Å². The van der Waals surface area contributed by atoms with Crippen molar-refractivity contribution in [3.8, 4) is 11.5 Å². The molecule has 116 valence electrons. The van der Waals surface area contributed by atoms with E-state index in [2.05, 4.69) is 18.0 Å². The molecule has 1 heterocycles. The molecule has 1 aliphatic heterocycles. The van der Waals surface area contributed by atoms with E-state index in [1.54, 1.807) is 7.11 Å². The zero-order valence-corrected chi connectivity index (χ0v) is 13.1. The lowest BCUT2D eigenvalue weighted by Gasteiger charge is -2.40. The lowest BCUT2D eigenvalue weighted by atomic mass is 9.72. The van der Waals surface area contributed by atoms with Gasteiger partial charge in [-0.15, -0.1) is 0 Å². The van der Waals surface area contributed by atoms with Crippen LogP contribution in [-0.4, -0.2) is 38.3 Å². The standard InChI is InChI=1S/C17H26N2O2/c1-19-11-4-6-13(12-19)21-15-8-3-7-14(16(15)20-2)17(18)9-5-10-17/h3,7-8,13H,4-6,9-12,18H2,1-2H3. The molecule has 1 aromatic rings. The third-order valence-electron chi connectivity index (χ3n) is 4.84. The highest BCUT2D eigenvalue weighted by Crippen LogP contribution is 2.46. The fourth-order valence-electron chi connectivity index (χ4n) is 3.43. The van der Waals surface area contributed by atoms with Gasteiger partial charge in [-0.2, -0.15) is 0 Å². The van der Waals surface area contributed by atoms with E-state index in [-0.39, 0.29) is 11.6 Å². The van der Waals surface area contributed by atoms with Crippen molar-refractivity contribution in [1.82, 2.24) is 4.90 Å². The first-order chi connectivity index (χ1) is 10.1. The fourth-order valence-corrected chi connectivity index (χ4v) is 3.43. The van der Waals surface area contributed by atoms with Crippen LogP contribution in [-0.2, 0) is 5.54 Å². The van der Waals surface area contributed by atoms with Crippen molar-refractivity contribution in [1.29, 1.82) is 0 Å². The van der Waals surface area contributed by atoms with E-state index in [1.807, 2.05) is 12.1 Å². The Hall–Kier alpha value is -1.26. The number of likely N-dealkylation sites (tertiary alicyclic amines) is 1. The van der Waals surface area contributed by atoms with Gasteiger partial charge in [-0.25, -0.2) is 0 Å². The zero-order chi connectivity index (χ0) is 14.9. The highest BCUT2D eigenvalue weighted by molar-refractivity contribution is 5.50. The molecular formula is C17H26N2O2. The maximum atomic E-state index is 6.48. The van der Waals surface area contributed by atoms with Gasteiger partial charge in [-0.05, 0) is 51.8 Å². The first-order valence-corrected chi connectivity index (χ1v) is 7.94. The molecule has 4 heteroatoms. The maximum absolute atomic E-state index is 6.48. The Labute approximate surface area is 127 Å². The molecule has 2 N–H and O–H groups in total. The van der Waals surface area contributed by atoms with E-state index >= 15 is 0 Å². The Kier molecular flexibility index (Phi) is 4.09. The van der Waals surface area contributed by atoms with Crippen LogP contribution >= 0.6 is 0 Å². The summed E-state index contributed by atoms with van der Waals surface area (Å²) in [6.07, 6.45) is 5.77. The van der Waals surface area contributed by atoms with E-state index in [0.717, 1.165) is 49.4 Å². The van der Waals surface area contributed by atoms with Gasteiger partial charge in [0.25, 0.3) is 0 Å². The Morgan fingerprint density at radius 1 is 1.29 bits per heavy atom. The predicted molar refractivity (Wildman–Crippen MR) is 83.9 cm³/mol. The number of benzene rings is 1. The molecule has 1 saturated heterocycles. The summed E-state index contributed by atoms with van der Waals surface area (Å²) < 4.78 is 11.9. The van der Waals surface area contributed by atoms with Gasteiger partial charge in [-0.3, -0.25) is 0 Å². The highest BCUT2D eigenvalue weighted by atomic mass is 16.5. The second-order valence-corrected chi connectivity index (χ2v) is 6.49. The Bertz CT molecular complexity index is 500. The lowest BCUT2D eigenvalue weighted by molar-refractivity contribution is 0.100. The van der Waals surface area contributed by atoms with Crippen LogP contribution in [0.5, 0.6) is 11.5 Å². The molecule has 1 aromatic carbocycles. The van der Waals surface area contributed by atoms with Gasteiger partial charge in [0.15, 0.2) is 11.5 Å². The van der Waals surface area contributed by atoms with Crippen LogP contribution in [0.3, 0.4) is 0 Å². The molecular weight excluding hydrogens is 264 g/mol. The third-order valence-corrected chi connectivity index (χ3v) is 4.84. The van der Waals surface area contributed by atoms with Crippen LogP contribution in [0.1, 0.15) is 37.7 Å². The summed E-state index contributed by atoms with van der Waals surface area (Å²) in [5.74, 6) is 1.67. The number of ether oxygens (including phenoxy) is 2. The van der Waals surface area contributed by atoms with Crippen molar-refractivity contribution in [2.75, 3.05) is 27.2 Å². The largest absolute Gasteiger partial charge is 0.493 e. The summed E-state index contributed by atoms with van der Waals surface area (Å²) >= 11 is 0. The van der Waals surface area contributed by atoms with Gasteiger partial charge in [0.05, 0.1) is 7.11 Å². The minimum atomic E-state index is -0.228. The van der Waals surface area contributed by atoms with E-state index < -0.39 is 0 Å². The van der Waals surface area contributed by atoms with Crippen molar-refractivity contribution in [3.05, 3.63) is 23.8 Å². The fraction of sp³-hybridized carbons (Fsp3) is 0.647. The minimum absolute atomic E-state index is 0.228. The van der Waals surface area contributed by atoms with E-state index in [1.165, 1.54) is 12.8 Å². The van der Waals surface area contributed by atoms with Gasteiger partial charge in [0, 0.05) is 17.6 Å². The quantitative estimate of drug-likeness (QED) is 0.925. The number of likely N-dealkylation sites (N-methyl/N-ethyl adjacent to an activating group) is 1. The van der Waals surface area contributed by atoms with E-state index in [4.69, 9.17) is 15.2 Å². The summed E-state index contributed by atoms with van der Waals surface area (Å²) in [7, 11) is 3.85. The molecule has 1 atom stereocenters. The summed E-state index contributed by atoms with van der Waals surface area (Å²) in [6, 6.07) is 6.11. The number of methoxy groups -OCH3 is 1. The van der Waals surface area contributed by atoms with Gasteiger partial charge in [-0.1, -0.05) is 12.1 Å². The van der Waals surface area contributed by atoms with Gasteiger partial charge < -0.3 is 20.1 Å². The molecule has 0 spiro atoms. The first kappa shape index (κ1) is 14.7. The van der Waals surface area contributed by atoms with Crippen LogP contribution in [0, 0.1) is 0 Å². The number of hydrogen-bond donors (Lipinski definition) is 1. The number of nitrogens with zero attached hydrogens (tertiary/aromatic N) is 1. The normalized spacial score (nSPS) is 25.2. The lowest BCUT2D eigenvalue weighted by Crippen LogP contribution is -2.43. The zero-order valence-electron chi connectivity index (χ0n) is 13.1. The molecule has 3 rings (SSSR count). The van der Waals surface area contributed by atoms with Crippen molar-refractivity contribution in [2.45, 2.75) is 43.7 Å². The van der Waals surface area contributed by atoms with Crippen LogP contribution in [0.2, 0.25) is 0 Å². The molecule has 0 amide bonds. The summed E-state index contributed by atoms with van der Waals surface area (Å²) in [4.78, 5) is 2.32. The van der Waals surface area contributed by atoms with Crippen LogP contribution in [0.4, 0.5) is 0 Å². The molecule has 2 fully saturated rings. The Morgan fingerprint density at radius 3 is 2.71 bits per heavy atom. The van der Waals surface area contributed by atoms with E-state index in [0.29, 0.717) is 0 Å². The van der Waals surface area contributed by atoms with Crippen LogP contribution in [0.25, 0.3) is 0 Å². The SMILES string of the molecule is COc1c(OC2CCCN(C)C2)cccc1C1(N)CCC1. The second kappa shape index (κ2) is 5.85. The van der Waals surface area contributed by atoms with E-state index in [9.17, 15) is 0 Å². The third kappa shape index (κ3) is 2.87. The second-order valence-electron chi connectivity index (χ2n) is 6.49. The van der Waals surface area contributed by atoms with Crippen molar-refractivity contribution in [3.63, 3.8) is 0 Å². The van der Waals surface area contributed by atoms with Crippen LogP contribution < -0.4 is 15.2 Å². The molecule has 1 unspecified atom stereocenters. The number of rotatable bonds is 4. The average molecular weight is 290 g/mol. The van der Waals surface area contributed by atoms with Crippen molar-refractivity contribution < 1.29 is 9.47 Å². The monoisotopic (exact) mass is 290 g/mol. The summed E-state index contributed by atoms with van der Waals surface area (Å²) in [5.41, 5.74) is 7.35. The highest BCUT2D eigenvalue weighted by Gasteiger charge is 2.37. The molecule has 0 radical (unpaired) electrons. The molecule has 1 saturated carbocycles. The molecule has 0 bridgehead atoms. The maximum Gasteiger partial charge on any atom is 0.165 e. The van der Waals surface area contributed by atoms with Gasteiger partial charge in [0.1, 0.15) is 6.10 Å². The van der Waals surface area contributed by atoms with Crippen LogP contribution in [0.15, 0.2) is 18.2 Å². The predicted octanol–water partition coefficient (Wildman–Crippen LogP) is 2.51. The minimum Gasteiger partial charge on any atom is -0.493 e. The Balaban J connectivity index is 1.83. The number of piperidine rings is 1. The topological polar surface area (TPSA) is 47.7 Å². The smallest absolute Gasteiger partial charge is 0.165 e. The molecule has 2 aliphatic rings. The number of para-hydroxylation sites is 1. The number of hydrogen-bond acceptors (Lipinski definition) is 4.